The molecular weight excluding hydrogens is 328 g/mol. The standard InChI is InChI=1S/C20H38N4O2/c1-20(2,16-9-5-6-10-16)15-23-19(22-14-18(25)24(3)4)21-13-17-11-7-8-12-26-17/h16-17H,5-15H2,1-4H3,(H2,21,22,23). The molecule has 0 spiro atoms. The molecule has 0 aromatic rings. The first-order valence-corrected chi connectivity index (χ1v) is 10.2. The maximum absolute atomic E-state index is 11.9. The van der Waals surface area contributed by atoms with E-state index < -0.39 is 0 Å². The Morgan fingerprint density at radius 3 is 2.42 bits per heavy atom. The van der Waals surface area contributed by atoms with Crippen LogP contribution in [0.3, 0.4) is 0 Å². The van der Waals surface area contributed by atoms with Gasteiger partial charge in [0.15, 0.2) is 5.96 Å². The summed E-state index contributed by atoms with van der Waals surface area (Å²) in [7, 11) is 3.52. The molecule has 2 rings (SSSR count). The van der Waals surface area contributed by atoms with Crippen molar-refractivity contribution < 1.29 is 9.53 Å². The first kappa shape index (κ1) is 21.0. The third kappa shape index (κ3) is 6.78. The van der Waals surface area contributed by atoms with Gasteiger partial charge in [0.25, 0.3) is 0 Å². The molecule has 1 amide bonds. The van der Waals surface area contributed by atoms with E-state index in [9.17, 15) is 4.79 Å². The normalized spacial score (nSPS) is 22.3. The predicted octanol–water partition coefficient (Wildman–Crippen LogP) is 2.40. The van der Waals surface area contributed by atoms with Gasteiger partial charge in [-0.2, -0.15) is 0 Å². The third-order valence-corrected chi connectivity index (χ3v) is 5.81. The Bertz CT molecular complexity index is 464. The first-order valence-electron chi connectivity index (χ1n) is 10.2. The highest BCUT2D eigenvalue weighted by atomic mass is 16.5. The molecule has 1 saturated carbocycles. The molecule has 1 saturated heterocycles. The number of carbonyl (C=O) groups excluding carboxylic acids is 1. The minimum atomic E-state index is 0.00932. The molecule has 1 aliphatic carbocycles. The Kier molecular flexibility index (Phi) is 8.19. The smallest absolute Gasteiger partial charge is 0.243 e. The van der Waals surface area contributed by atoms with Crippen molar-refractivity contribution in [2.75, 3.05) is 40.3 Å². The van der Waals surface area contributed by atoms with Crippen molar-refractivity contribution in [1.82, 2.24) is 15.5 Å². The van der Waals surface area contributed by atoms with Crippen molar-refractivity contribution in [2.45, 2.75) is 64.9 Å². The van der Waals surface area contributed by atoms with E-state index in [2.05, 4.69) is 29.5 Å². The van der Waals surface area contributed by atoms with E-state index in [1.54, 1.807) is 19.0 Å². The number of likely N-dealkylation sites (N-methyl/N-ethyl adjacent to an activating group) is 1. The van der Waals surface area contributed by atoms with Gasteiger partial charge in [0.1, 0.15) is 6.54 Å². The predicted molar refractivity (Wildman–Crippen MR) is 106 cm³/mol. The monoisotopic (exact) mass is 366 g/mol. The van der Waals surface area contributed by atoms with E-state index >= 15 is 0 Å². The van der Waals surface area contributed by atoms with Gasteiger partial charge in [-0.1, -0.05) is 26.7 Å². The minimum absolute atomic E-state index is 0.00932. The van der Waals surface area contributed by atoms with Crippen LogP contribution in [0.15, 0.2) is 4.99 Å². The maximum atomic E-state index is 11.9. The molecule has 1 atom stereocenters. The maximum Gasteiger partial charge on any atom is 0.243 e. The summed E-state index contributed by atoms with van der Waals surface area (Å²) in [5, 5.41) is 6.87. The Morgan fingerprint density at radius 2 is 1.81 bits per heavy atom. The van der Waals surface area contributed by atoms with Crippen molar-refractivity contribution in [2.24, 2.45) is 16.3 Å². The molecule has 150 valence electrons. The van der Waals surface area contributed by atoms with Crippen molar-refractivity contribution in [3.63, 3.8) is 0 Å². The third-order valence-electron chi connectivity index (χ3n) is 5.81. The van der Waals surface area contributed by atoms with Crippen LogP contribution in [0.4, 0.5) is 0 Å². The molecular formula is C20H38N4O2. The average molecular weight is 367 g/mol. The van der Waals surface area contributed by atoms with Crippen molar-refractivity contribution >= 4 is 11.9 Å². The fourth-order valence-corrected chi connectivity index (χ4v) is 3.80. The Hall–Kier alpha value is -1.30. The number of carbonyl (C=O) groups is 1. The van der Waals surface area contributed by atoms with E-state index in [4.69, 9.17) is 4.74 Å². The summed E-state index contributed by atoms with van der Waals surface area (Å²) in [6.45, 7) is 7.29. The summed E-state index contributed by atoms with van der Waals surface area (Å²) in [5.41, 5.74) is 0.228. The summed E-state index contributed by atoms with van der Waals surface area (Å²) >= 11 is 0. The highest BCUT2D eigenvalue weighted by molar-refractivity contribution is 5.84. The fraction of sp³-hybridized carbons (Fsp3) is 0.900. The van der Waals surface area contributed by atoms with Crippen LogP contribution in [0, 0.1) is 11.3 Å². The molecule has 0 aromatic carbocycles. The van der Waals surface area contributed by atoms with E-state index in [0.717, 1.165) is 44.4 Å². The number of ether oxygens (including phenoxy) is 1. The van der Waals surface area contributed by atoms with Crippen LogP contribution < -0.4 is 10.6 Å². The summed E-state index contributed by atoms with van der Waals surface area (Å²) in [6, 6.07) is 0. The van der Waals surface area contributed by atoms with Crippen LogP contribution in [-0.4, -0.2) is 63.2 Å². The van der Waals surface area contributed by atoms with Gasteiger partial charge in [0.2, 0.25) is 5.91 Å². The molecule has 1 unspecified atom stereocenters. The van der Waals surface area contributed by atoms with Crippen molar-refractivity contribution in [1.29, 1.82) is 0 Å². The van der Waals surface area contributed by atoms with Crippen LogP contribution in [-0.2, 0) is 9.53 Å². The van der Waals surface area contributed by atoms with E-state index in [1.165, 1.54) is 32.1 Å². The van der Waals surface area contributed by atoms with Crippen molar-refractivity contribution in [3.8, 4) is 0 Å². The molecule has 2 fully saturated rings. The zero-order valence-corrected chi connectivity index (χ0v) is 17.1. The lowest BCUT2D eigenvalue weighted by Gasteiger charge is -2.33. The number of amides is 1. The molecule has 2 N–H and O–H groups in total. The summed E-state index contributed by atoms with van der Waals surface area (Å²) < 4.78 is 5.80. The van der Waals surface area contributed by atoms with Gasteiger partial charge in [-0.3, -0.25) is 4.79 Å². The fourth-order valence-electron chi connectivity index (χ4n) is 3.80. The quantitative estimate of drug-likeness (QED) is 0.536. The lowest BCUT2D eigenvalue weighted by atomic mass is 9.78. The van der Waals surface area contributed by atoms with E-state index in [0.29, 0.717) is 0 Å². The lowest BCUT2D eigenvalue weighted by molar-refractivity contribution is -0.127. The van der Waals surface area contributed by atoms with Crippen LogP contribution in [0.1, 0.15) is 58.8 Å². The van der Waals surface area contributed by atoms with Crippen LogP contribution in [0.2, 0.25) is 0 Å². The van der Waals surface area contributed by atoms with E-state index in [-0.39, 0.29) is 24.0 Å². The molecule has 0 bridgehead atoms. The number of hydrogen-bond acceptors (Lipinski definition) is 3. The zero-order valence-electron chi connectivity index (χ0n) is 17.1. The molecule has 1 aliphatic heterocycles. The van der Waals surface area contributed by atoms with Gasteiger partial charge in [0.05, 0.1) is 6.10 Å². The summed E-state index contributed by atoms with van der Waals surface area (Å²) in [6.07, 6.45) is 9.05. The molecule has 6 nitrogen and oxygen atoms in total. The molecule has 1 heterocycles. The number of aliphatic imine (C=N–C) groups is 1. The highest BCUT2D eigenvalue weighted by Gasteiger charge is 2.31. The van der Waals surface area contributed by atoms with Crippen LogP contribution >= 0.6 is 0 Å². The Balaban J connectivity index is 1.90. The largest absolute Gasteiger partial charge is 0.376 e. The van der Waals surface area contributed by atoms with Gasteiger partial charge >= 0.3 is 0 Å². The van der Waals surface area contributed by atoms with Crippen LogP contribution in [0.25, 0.3) is 0 Å². The van der Waals surface area contributed by atoms with Gasteiger partial charge in [-0.15, -0.1) is 0 Å². The SMILES string of the molecule is CN(C)C(=O)CN=C(NCC1CCCCO1)NCC(C)(C)C1CCCC1. The molecule has 2 aliphatic rings. The van der Waals surface area contributed by atoms with Crippen molar-refractivity contribution in [3.05, 3.63) is 0 Å². The summed E-state index contributed by atoms with van der Waals surface area (Å²) in [4.78, 5) is 18.0. The number of rotatable bonds is 7. The Labute approximate surface area is 159 Å². The van der Waals surface area contributed by atoms with Gasteiger partial charge in [-0.25, -0.2) is 4.99 Å². The topological polar surface area (TPSA) is 66.0 Å². The highest BCUT2D eigenvalue weighted by Crippen LogP contribution is 2.38. The first-order chi connectivity index (χ1) is 12.4. The van der Waals surface area contributed by atoms with Gasteiger partial charge < -0.3 is 20.3 Å². The Morgan fingerprint density at radius 1 is 1.12 bits per heavy atom. The second kappa shape index (κ2) is 10.1. The number of nitrogens with zero attached hydrogens (tertiary/aromatic N) is 2. The molecule has 0 aromatic heterocycles. The second-order valence-electron chi connectivity index (χ2n) is 8.65. The van der Waals surface area contributed by atoms with Gasteiger partial charge in [-0.05, 0) is 43.4 Å². The average Bonchev–Trinajstić information content (AvgIpc) is 3.17. The van der Waals surface area contributed by atoms with Crippen LogP contribution in [0.5, 0.6) is 0 Å². The summed E-state index contributed by atoms with van der Waals surface area (Å²) in [5.74, 6) is 1.50. The van der Waals surface area contributed by atoms with Gasteiger partial charge in [0, 0.05) is 33.8 Å². The zero-order chi connectivity index (χ0) is 19.0. The molecule has 6 heteroatoms. The number of nitrogens with one attached hydrogen (secondary N) is 2. The minimum Gasteiger partial charge on any atom is -0.376 e. The number of guanidine groups is 1. The lowest BCUT2D eigenvalue weighted by Crippen LogP contribution is -2.47. The molecule has 0 radical (unpaired) electrons. The van der Waals surface area contributed by atoms with E-state index in [1.807, 2.05) is 0 Å². The second-order valence-corrected chi connectivity index (χ2v) is 8.65. The number of hydrogen-bond donors (Lipinski definition) is 2. The molecule has 26 heavy (non-hydrogen) atoms.